The van der Waals surface area contributed by atoms with Crippen LogP contribution in [0.5, 0.6) is 0 Å². The molecule has 1 aromatic carbocycles. The zero-order valence-corrected chi connectivity index (χ0v) is 11.3. The lowest BCUT2D eigenvalue weighted by molar-refractivity contribution is 0.675. The minimum atomic E-state index is -1.40. The van der Waals surface area contributed by atoms with Crippen molar-refractivity contribution in [3.05, 3.63) is 64.7 Å². The molecule has 1 unspecified atom stereocenters. The van der Waals surface area contributed by atoms with E-state index >= 15 is 0 Å². The van der Waals surface area contributed by atoms with Crippen molar-refractivity contribution in [3.8, 4) is 0 Å². The highest BCUT2D eigenvalue weighted by Gasteiger charge is 2.10. The van der Waals surface area contributed by atoms with Crippen molar-refractivity contribution in [1.29, 1.82) is 0 Å². The lowest BCUT2D eigenvalue weighted by Gasteiger charge is -2.03. The molecule has 2 aromatic heterocycles. The van der Waals surface area contributed by atoms with Crippen LogP contribution >= 0.6 is 0 Å². The predicted molar refractivity (Wildman–Crippen MR) is 76.7 cm³/mol. The largest absolute Gasteiger partial charge is 0.299 e. The highest BCUT2D eigenvalue weighted by atomic mass is 32.2. The fourth-order valence-corrected chi connectivity index (χ4v) is 2.91. The van der Waals surface area contributed by atoms with Gasteiger partial charge >= 0.3 is 0 Å². The Balaban J connectivity index is 1.98. The third-order valence-electron chi connectivity index (χ3n) is 2.85. The molecule has 3 aromatic rings. The average molecular weight is 285 g/mol. The zero-order chi connectivity index (χ0) is 13.9. The number of nitrogens with zero attached hydrogens (tertiary/aromatic N) is 2. The summed E-state index contributed by atoms with van der Waals surface area (Å²) in [4.78, 5) is 22.7. The molecule has 1 N–H and O–H groups in total. The monoisotopic (exact) mass is 285 g/mol. The van der Waals surface area contributed by atoms with Gasteiger partial charge in [0.15, 0.2) is 5.16 Å². The van der Waals surface area contributed by atoms with Gasteiger partial charge in [0.25, 0.3) is 5.56 Å². The number of benzene rings is 1. The van der Waals surface area contributed by atoms with E-state index in [9.17, 15) is 9.00 Å². The molecule has 0 amide bonds. The van der Waals surface area contributed by atoms with Gasteiger partial charge in [0.05, 0.1) is 27.5 Å². The summed E-state index contributed by atoms with van der Waals surface area (Å²) in [6.07, 6.45) is 3.28. The van der Waals surface area contributed by atoms with Gasteiger partial charge in [0.1, 0.15) is 0 Å². The SMILES string of the molecule is O=c1[nH]c(S(=O)Cc2ccncc2)nc2ccccc12. The maximum atomic E-state index is 12.3. The Morgan fingerprint density at radius 1 is 1.10 bits per heavy atom. The quantitative estimate of drug-likeness (QED) is 0.742. The Bertz CT molecular complexity index is 830. The molecule has 5 nitrogen and oxygen atoms in total. The molecule has 100 valence electrons. The van der Waals surface area contributed by atoms with Gasteiger partial charge in [0.2, 0.25) is 0 Å². The van der Waals surface area contributed by atoms with Gasteiger partial charge in [-0.3, -0.25) is 19.0 Å². The van der Waals surface area contributed by atoms with E-state index in [0.717, 1.165) is 5.56 Å². The number of nitrogens with one attached hydrogen (secondary N) is 1. The summed E-state index contributed by atoms with van der Waals surface area (Å²) in [7, 11) is -1.40. The molecule has 6 heteroatoms. The molecule has 0 aliphatic heterocycles. The highest BCUT2D eigenvalue weighted by molar-refractivity contribution is 7.84. The summed E-state index contributed by atoms with van der Waals surface area (Å²) in [5, 5.41) is 0.697. The first-order chi connectivity index (χ1) is 9.74. The third-order valence-corrected chi connectivity index (χ3v) is 4.07. The van der Waals surface area contributed by atoms with E-state index in [0.29, 0.717) is 16.7 Å². The Labute approximate surface area is 117 Å². The first kappa shape index (κ1) is 12.7. The minimum absolute atomic E-state index is 0.200. The maximum Gasteiger partial charge on any atom is 0.259 e. The molecule has 3 rings (SSSR count). The lowest BCUT2D eigenvalue weighted by atomic mass is 10.2. The van der Waals surface area contributed by atoms with Crippen molar-refractivity contribution in [3.63, 3.8) is 0 Å². The second kappa shape index (κ2) is 5.34. The van der Waals surface area contributed by atoms with Crippen LogP contribution in [0.2, 0.25) is 0 Å². The Hall–Kier alpha value is -2.34. The number of rotatable bonds is 3. The molecule has 0 aliphatic carbocycles. The van der Waals surface area contributed by atoms with Crippen LogP contribution in [0.4, 0.5) is 0 Å². The summed E-state index contributed by atoms with van der Waals surface area (Å²) in [6, 6.07) is 10.6. The van der Waals surface area contributed by atoms with Crippen LogP contribution in [0.25, 0.3) is 10.9 Å². The van der Waals surface area contributed by atoms with E-state index in [4.69, 9.17) is 0 Å². The highest BCUT2D eigenvalue weighted by Crippen LogP contribution is 2.10. The van der Waals surface area contributed by atoms with Crippen LogP contribution in [0.1, 0.15) is 5.56 Å². The second-order valence-electron chi connectivity index (χ2n) is 4.23. The van der Waals surface area contributed by atoms with Crippen LogP contribution in [-0.4, -0.2) is 19.2 Å². The maximum absolute atomic E-state index is 12.3. The molecule has 0 saturated carbocycles. The van der Waals surface area contributed by atoms with Crippen molar-refractivity contribution in [2.45, 2.75) is 10.9 Å². The molecule has 0 radical (unpaired) electrons. The summed E-state index contributed by atoms with van der Waals surface area (Å²) in [6.45, 7) is 0. The molecule has 20 heavy (non-hydrogen) atoms. The van der Waals surface area contributed by atoms with Gasteiger partial charge in [-0.1, -0.05) is 12.1 Å². The van der Waals surface area contributed by atoms with Crippen LogP contribution in [-0.2, 0) is 16.6 Å². The molecule has 2 heterocycles. The number of aromatic amines is 1. The number of hydrogen-bond acceptors (Lipinski definition) is 4. The lowest BCUT2D eigenvalue weighted by Crippen LogP contribution is -2.13. The molecule has 0 saturated heterocycles. The van der Waals surface area contributed by atoms with Gasteiger partial charge < -0.3 is 0 Å². The first-order valence-electron chi connectivity index (χ1n) is 6.00. The van der Waals surface area contributed by atoms with Crippen molar-refractivity contribution in [2.75, 3.05) is 0 Å². The van der Waals surface area contributed by atoms with E-state index in [1.807, 2.05) is 0 Å². The van der Waals surface area contributed by atoms with Crippen LogP contribution in [0.15, 0.2) is 58.7 Å². The Morgan fingerprint density at radius 2 is 1.85 bits per heavy atom. The fraction of sp³-hybridized carbons (Fsp3) is 0.0714. The van der Waals surface area contributed by atoms with Crippen LogP contribution in [0, 0.1) is 0 Å². The second-order valence-corrected chi connectivity index (χ2v) is 5.60. The molecule has 0 spiro atoms. The van der Waals surface area contributed by atoms with Gasteiger partial charge in [0, 0.05) is 12.4 Å². The standard InChI is InChI=1S/C14H11N3O2S/c18-13-11-3-1-2-4-12(11)16-14(17-13)20(19)9-10-5-7-15-8-6-10/h1-8H,9H2,(H,16,17,18). The van der Waals surface area contributed by atoms with Gasteiger partial charge in [-0.2, -0.15) is 0 Å². The molecular formula is C14H11N3O2S. The van der Waals surface area contributed by atoms with Gasteiger partial charge in [-0.05, 0) is 29.8 Å². The van der Waals surface area contributed by atoms with Crippen LogP contribution in [0.3, 0.4) is 0 Å². The Kier molecular flexibility index (Phi) is 3.39. The first-order valence-corrected chi connectivity index (χ1v) is 7.32. The predicted octanol–water partition coefficient (Wildman–Crippen LogP) is 1.63. The number of fused-ring (bicyclic) bond motifs is 1. The van der Waals surface area contributed by atoms with Gasteiger partial charge in [-0.15, -0.1) is 0 Å². The van der Waals surface area contributed by atoms with E-state index in [-0.39, 0.29) is 10.7 Å². The summed E-state index contributed by atoms with van der Waals surface area (Å²) in [5.74, 6) is 0.295. The fourth-order valence-electron chi connectivity index (χ4n) is 1.87. The van der Waals surface area contributed by atoms with Crippen molar-refractivity contribution in [2.24, 2.45) is 0 Å². The van der Waals surface area contributed by atoms with Crippen molar-refractivity contribution >= 4 is 21.7 Å². The topological polar surface area (TPSA) is 75.7 Å². The molecule has 1 atom stereocenters. The summed E-state index contributed by atoms with van der Waals surface area (Å²) >= 11 is 0. The van der Waals surface area contributed by atoms with E-state index < -0.39 is 10.8 Å². The molecule has 0 fully saturated rings. The minimum Gasteiger partial charge on any atom is -0.299 e. The summed E-state index contributed by atoms with van der Waals surface area (Å²) < 4.78 is 12.3. The van der Waals surface area contributed by atoms with Crippen molar-refractivity contribution in [1.82, 2.24) is 15.0 Å². The average Bonchev–Trinajstić information content (AvgIpc) is 2.48. The number of pyridine rings is 1. The van der Waals surface area contributed by atoms with E-state index in [2.05, 4.69) is 15.0 Å². The molecule has 0 bridgehead atoms. The number of aromatic nitrogens is 3. The Morgan fingerprint density at radius 3 is 2.65 bits per heavy atom. The van der Waals surface area contributed by atoms with Crippen LogP contribution < -0.4 is 5.56 Å². The molecule has 0 aliphatic rings. The van der Waals surface area contributed by atoms with E-state index in [1.165, 1.54) is 0 Å². The van der Waals surface area contributed by atoms with E-state index in [1.54, 1.807) is 48.8 Å². The smallest absolute Gasteiger partial charge is 0.259 e. The number of H-pyrrole nitrogens is 1. The zero-order valence-electron chi connectivity index (χ0n) is 10.4. The molecular weight excluding hydrogens is 274 g/mol. The number of hydrogen-bond donors (Lipinski definition) is 1. The van der Waals surface area contributed by atoms with Gasteiger partial charge in [-0.25, -0.2) is 4.98 Å². The third kappa shape index (κ3) is 2.50. The normalized spacial score (nSPS) is 12.4. The summed E-state index contributed by atoms with van der Waals surface area (Å²) in [5.41, 5.74) is 1.16. The number of para-hydroxylation sites is 1. The van der Waals surface area contributed by atoms with Crippen molar-refractivity contribution < 1.29 is 4.21 Å².